The van der Waals surface area contributed by atoms with Gasteiger partial charge in [-0.05, 0) is 31.0 Å². The summed E-state index contributed by atoms with van der Waals surface area (Å²) in [5.74, 6) is -1.20. The normalized spacial score (nSPS) is 11.8. The molecular weight excluding hydrogens is 230 g/mol. The number of aliphatic hydroxyl groups is 1. The Labute approximate surface area is 98.9 Å². The van der Waals surface area contributed by atoms with Gasteiger partial charge in [0.05, 0.1) is 5.60 Å². The first-order chi connectivity index (χ1) is 7.50. The average Bonchev–Trinajstić information content (AvgIpc) is 2.30. The molecule has 0 heterocycles. The second kappa shape index (κ2) is 5.64. The third kappa shape index (κ3) is 3.46. The van der Waals surface area contributed by atoms with Gasteiger partial charge in [-0.2, -0.15) is 0 Å². The number of hydrogen-bond acceptors (Lipinski definition) is 2. The molecule has 0 spiro atoms. The highest BCUT2D eigenvalue weighted by atomic mass is 32.2. The van der Waals surface area contributed by atoms with Gasteiger partial charge in [0.2, 0.25) is 0 Å². The van der Waals surface area contributed by atoms with Crippen LogP contribution in [0, 0.1) is 11.6 Å². The summed E-state index contributed by atoms with van der Waals surface area (Å²) in [5, 5.41) is 10.0. The molecule has 90 valence electrons. The van der Waals surface area contributed by atoms with Gasteiger partial charge in [-0.25, -0.2) is 8.78 Å². The van der Waals surface area contributed by atoms with Gasteiger partial charge in [-0.15, -0.1) is 11.8 Å². The van der Waals surface area contributed by atoms with Crippen molar-refractivity contribution in [1.82, 2.24) is 0 Å². The van der Waals surface area contributed by atoms with Crippen LogP contribution in [0.5, 0.6) is 0 Å². The Morgan fingerprint density at radius 1 is 1.19 bits per heavy atom. The van der Waals surface area contributed by atoms with E-state index in [4.69, 9.17) is 0 Å². The SMILES string of the molecule is CCC(O)(CC)CSc1ccc(F)c(F)c1. The molecule has 0 saturated heterocycles. The molecule has 1 N–H and O–H groups in total. The predicted octanol–water partition coefficient (Wildman–Crippen LogP) is 3.61. The zero-order chi connectivity index (χ0) is 12.2. The summed E-state index contributed by atoms with van der Waals surface area (Å²) in [5.41, 5.74) is -0.727. The standard InChI is InChI=1S/C12H16F2OS/c1-3-12(15,4-2)8-16-9-5-6-10(13)11(14)7-9/h5-7,15H,3-4,8H2,1-2H3. The van der Waals surface area contributed by atoms with Crippen LogP contribution < -0.4 is 0 Å². The van der Waals surface area contributed by atoms with Crippen LogP contribution in [-0.2, 0) is 0 Å². The summed E-state index contributed by atoms with van der Waals surface area (Å²) in [6.45, 7) is 3.82. The molecule has 0 bridgehead atoms. The van der Waals surface area contributed by atoms with Gasteiger partial charge in [-0.1, -0.05) is 13.8 Å². The first kappa shape index (κ1) is 13.5. The summed E-state index contributed by atoms with van der Waals surface area (Å²) in [6, 6.07) is 3.79. The van der Waals surface area contributed by atoms with E-state index in [9.17, 15) is 13.9 Å². The fourth-order valence-corrected chi connectivity index (χ4v) is 2.43. The molecule has 0 fully saturated rings. The largest absolute Gasteiger partial charge is 0.389 e. The molecule has 0 aliphatic heterocycles. The lowest BCUT2D eigenvalue weighted by Crippen LogP contribution is -2.29. The van der Waals surface area contributed by atoms with Gasteiger partial charge in [-0.3, -0.25) is 0 Å². The fraction of sp³-hybridized carbons (Fsp3) is 0.500. The predicted molar refractivity (Wildman–Crippen MR) is 62.6 cm³/mol. The number of hydrogen-bond donors (Lipinski definition) is 1. The van der Waals surface area contributed by atoms with E-state index in [0.29, 0.717) is 23.5 Å². The molecule has 0 amide bonds. The summed E-state index contributed by atoms with van der Waals surface area (Å²) >= 11 is 1.34. The van der Waals surface area contributed by atoms with Crippen molar-refractivity contribution in [1.29, 1.82) is 0 Å². The van der Waals surface area contributed by atoms with E-state index in [0.717, 1.165) is 12.1 Å². The first-order valence-electron chi connectivity index (χ1n) is 5.31. The third-order valence-electron chi connectivity index (χ3n) is 2.71. The van der Waals surface area contributed by atoms with Crippen LogP contribution in [0.25, 0.3) is 0 Å². The lowest BCUT2D eigenvalue weighted by atomic mass is 10.0. The van der Waals surface area contributed by atoms with Crippen LogP contribution in [0.2, 0.25) is 0 Å². The smallest absolute Gasteiger partial charge is 0.159 e. The van der Waals surface area contributed by atoms with Crippen LogP contribution in [0.3, 0.4) is 0 Å². The molecule has 1 rings (SSSR count). The van der Waals surface area contributed by atoms with Crippen molar-refractivity contribution in [3.05, 3.63) is 29.8 Å². The van der Waals surface area contributed by atoms with Crippen molar-refractivity contribution in [2.75, 3.05) is 5.75 Å². The number of halogens is 2. The monoisotopic (exact) mass is 246 g/mol. The Morgan fingerprint density at radius 2 is 1.81 bits per heavy atom. The summed E-state index contributed by atoms with van der Waals surface area (Å²) in [4.78, 5) is 0.638. The Kier molecular flexibility index (Phi) is 4.74. The van der Waals surface area contributed by atoms with Crippen molar-refractivity contribution in [2.24, 2.45) is 0 Å². The molecule has 0 aliphatic rings. The van der Waals surface area contributed by atoms with E-state index in [2.05, 4.69) is 0 Å². The second-order valence-electron chi connectivity index (χ2n) is 3.80. The molecule has 16 heavy (non-hydrogen) atoms. The minimum absolute atomic E-state index is 0.491. The molecule has 1 nitrogen and oxygen atoms in total. The molecule has 0 atom stereocenters. The first-order valence-corrected chi connectivity index (χ1v) is 6.29. The molecule has 4 heteroatoms. The summed E-state index contributed by atoms with van der Waals surface area (Å²) in [7, 11) is 0. The highest BCUT2D eigenvalue weighted by Crippen LogP contribution is 2.27. The highest BCUT2D eigenvalue weighted by molar-refractivity contribution is 7.99. The van der Waals surface area contributed by atoms with Gasteiger partial charge in [0.1, 0.15) is 0 Å². The maximum atomic E-state index is 12.9. The van der Waals surface area contributed by atoms with Gasteiger partial charge < -0.3 is 5.11 Å². The maximum Gasteiger partial charge on any atom is 0.159 e. The van der Waals surface area contributed by atoms with E-state index >= 15 is 0 Å². The van der Waals surface area contributed by atoms with Crippen molar-refractivity contribution in [3.8, 4) is 0 Å². The molecule has 1 aromatic carbocycles. The Hall–Kier alpha value is -0.610. The van der Waals surface area contributed by atoms with Gasteiger partial charge in [0, 0.05) is 10.6 Å². The van der Waals surface area contributed by atoms with Gasteiger partial charge >= 0.3 is 0 Å². The number of benzene rings is 1. The van der Waals surface area contributed by atoms with Crippen molar-refractivity contribution < 1.29 is 13.9 Å². The lowest BCUT2D eigenvalue weighted by molar-refractivity contribution is 0.0572. The molecule has 0 radical (unpaired) electrons. The zero-order valence-electron chi connectivity index (χ0n) is 9.46. The Morgan fingerprint density at radius 3 is 2.31 bits per heavy atom. The van der Waals surface area contributed by atoms with Crippen LogP contribution in [0.15, 0.2) is 23.1 Å². The van der Waals surface area contributed by atoms with Crippen LogP contribution in [0.1, 0.15) is 26.7 Å². The maximum absolute atomic E-state index is 12.9. The van der Waals surface area contributed by atoms with Crippen molar-refractivity contribution in [3.63, 3.8) is 0 Å². The van der Waals surface area contributed by atoms with Crippen LogP contribution in [0.4, 0.5) is 8.78 Å². The van der Waals surface area contributed by atoms with Gasteiger partial charge in [0.25, 0.3) is 0 Å². The molecule has 0 aliphatic carbocycles. The number of thioether (sulfide) groups is 1. The average molecular weight is 246 g/mol. The molecule has 1 aromatic rings. The quantitative estimate of drug-likeness (QED) is 0.801. The lowest BCUT2D eigenvalue weighted by Gasteiger charge is -2.24. The molecular formula is C12H16F2OS. The van der Waals surface area contributed by atoms with E-state index in [1.54, 1.807) is 0 Å². The minimum atomic E-state index is -0.846. The Balaban J connectivity index is 2.64. The van der Waals surface area contributed by atoms with Gasteiger partial charge in [0.15, 0.2) is 11.6 Å². The molecule has 0 saturated carbocycles. The molecule has 0 unspecified atom stereocenters. The van der Waals surface area contributed by atoms with E-state index < -0.39 is 17.2 Å². The van der Waals surface area contributed by atoms with Crippen LogP contribution >= 0.6 is 11.8 Å². The van der Waals surface area contributed by atoms with E-state index in [1.165, 1.54) is 17.8 Å². The fourth-order valence-electron chi connectivity index (χ4n) is 1.24. The minimum Gasteiger partial charge on any atom is -0.389 e. The van der Waals surface area contributed by atoms with Crippen molar-refractivity contribution in [2.45, 2.75) is 37.2 Å². The van der Waals surface area contributed by atoms with Crippen LogP contribution in [-0.4, -0.2) is 16.5 Å². The number of rotatable bonds is 5. The topological polar surface area (TPSA) is 20.2 Å². The highest BCUT2D eigenvalue weighted by Gasteiger charge is 2.22. The Bertz CT molecular complexity index is 351. The van der Waals surface area contributed by atoms with E-state index in [-0.39, 0.29) is 0 Å². The third-order valence-corrected chi connectivity index (χ3v) is 3.98. The summed E-state index contributed by atoms with van der Waals surface area (Å²) < 4.78 is 25.6. The summed E-state index contributed by atoms with van der Waals surface area (Å²) in [6.07, 6.45) is 1.31. The zero-order valence-corrected chi connectivity index (χ0v) is 10.3. The molecule has 0 aromatic heterocycles. The van der Waals surface area contributed by atoms with E-state index in [1.807, 2.05) is 13.8 Å². The second-order valence-corrected chi connectivity index (χ2v) is 4.84. The van der Waals surface area contributed by atoms with Crippen molar-refractivity contribution >= 4 is 11.8 Å².